The molecule has 0 aromatic heterocycles. The van der Waals surface area contributed by atoms with Gasteiger partial charge in [0.1, 0.15) is 11.5 Å². The van der Waals surface area contributed by atoms with Gasteiger partial charge in [0.2, 0.25) is 5.91 Å². The number of rotatable bonds is 9. The summed E-state index contributed by atoms with van der Waals surface area (Å²) in [4.78, 5) is 39.2. The third-order valence-electron chi connectivity index (χ3n) is 6.71. The van der Waals surface area contributed by atoms with Crippen LogP contribution in [-0.2, 0) is 16.0 Å². The van der Waals surface area contributed by atoms with E-state index in [9.17, 15) is 14.4 Å². The number of halogens is 1. The van der Waals surface area contributed by atoms with Gasteiger partial charge in [0.25, 0.3) is 0 Å². The maximum Gasteiger partial charge on any atom is 0.337 e. The lowest BCUT2D eigenvalue weighted by atomic mass is 10.1. The maximum atomic E-state index is 13.3. The number of alkyl halides is 1. The number of anilines is 2. The SMILES string of the molecule is COC(=O)c1ccc(OC(Cl)[C@@H]2CCCN2C(=O)Cc2ccc(NC(=O)Nc3ccccc3C)c(OC)c2)cc1. The Kier molecular flexibility index (Phi) is 9.50. The number of hydrogen-bond acceptors (Lipinski definition) is 6. The van der Waals surface area contributed by atoms with E-state index < -0.39 is 17.6 Å². The number of nitrogens with zero attached hydrogens (tertiary/aromatic N) is 1. The molecule has 1 saturated heterocycles. The van der Waals surface area contributed by atoms with Crippen molar-refractivity contribution in [2.45, 2.75) is 37.8 Å². The number of benzene rings is 3. The highest BCUT2D eigenvalue weighted by Crippen LogP contribution is 2.29. The van der Waals surface area contributed by atoms with Crippen LogP contribution in [0.5, 0.6) is 11.5 Å². The Labute approximate surface area is 238 Å². The summed E-state index contributed by atoms with van der Waals surface area (Å²) in [5.74, 6) is 0.411. The molecule has 2 atom stereocenters. The Morgan fingerprint density at radius 1 is 1.00 bits per heavy atom. The topological polar surface area (TPSA) is 106 Å². The fraction of sp³-hybridized carbons (Fsp3) is 0.300. The molecule has 10 heteroatoms. The quantitative estimate of drug-likeness (QED) is 0.258. The second-order valence-electron chi connectivity index (χ2n) is 9.39. The van der Waals surface area contributed by atoms with Crippen LogP contribution < -0.4 is 20.1 Å². The van der Waals surface area contributed by atoms with E-state index in [0.717, 1.165) is 17.5 Å². The van der Waals surface area contributed by atoms with Gasteiger partial charge in [0, 0.05) is 12.2 Å². The number of nitrogens with one attached hydrogen (secondary N) is 2. The van der Waals surface area contributed by atoms with Gasteiger partial charge in [-0.3, -0.25) is 4.79 Å². The zero-order valence-corrected chi connectivity index (χ0v) is 23.4. The van der Waals surface area contributed by atoms with Crippen molar-refractivity contribution in [1.29, 1.82) is 0 Å². The average Bonchev–Trinajstić information content (AvgIpc) is 3.46. The molecule has 40 heavy (non-hydrogen) atoms. The van der Waals surface area contributed by atoms with Crippen molar-refractivity contribution in [2.75, 3.05) is 31.4 Å². The van der Waals surface area contributed by atoms with Gasteiger partial charge in [-0.25, -0.2) is 9.59 Å². The summed E-state index contributed by atoms with van der Waals surface area (Å²) in [6.07, 6.45) is 1.66. The first-order chi connectivity index (χ1) is 19.3. The van der Waals surface area contributed by atoms with Crippen LogP contribution in [0.2, 0.25) is 0 Å². The normalized spacial score (nSPS) is 15.2. The van der Waals surface area contributed by atoms with Gasteiger partial charge in [-0.2, -0.15) is 0 Å². The maximum absolute atomic E-state index is 13.3. The van der Waals surface area contributed by atoms with E-state index in [1.807, 2.05) is 31.2 Å². The molecule has 1 heterocycles. The summed E-state index contributed by atoms with van der Waals surface area (Å²) in [6.45, 7) is 2.49. The first-order valence-electron chi connectivity index (χ1n) is 12.9. The monoisotopic (exact) mass is 565 g/mol. The van der Waals surface area contributed by atoms with Gasteiger partial charge >= 0.3 is 12.0 Å². The first-order valence-corrected chi connectivity index (χ1v) is 13.3. The van der Waals surface area contributed by atoms with Crippen molar-refractivity contribution in [1.82, 2.24) is 4.90 Å². The zero-order valence-electron chi connectivity index (χ0n) is 22.6. The molecule has 3 aromatic carbocycles. The largest absolute Gasteiger partial charge is 0.495 e. The van der Waals surface area contributed by atoms with Gasteiger partial charge < -0.3 is 29.7 Å². The van der Waals surface area contributed by atoms with Crippen molar-refractivity contribution in [3.8, 4) is 11.5 Å². The molecule has 9 nitrogen and oxygen atoms in total. The van der Waals surface area contributed by atoms with E-state index in [2.05, 4.69) is 10.6 Å². The highest BCUT2D eigenvalue weighted by atomic mass is 35.5. The summed E-state index contributed by atoms with van der Waals surface area (Å²) in [6, 6.07) is 18.5. The Morgan fingerprint density at radius 2 is 1.73 bits per heavy atom. The molecule has 0 saturated carbocycles. The number of carbonyl (C=O) groups excluding carboxylic acids is 3. The number of para-hydroxylation sites is 1. The summed E-state index contributed by atoms with van der Waals surface area (Å²) in [5, 5.41) is 5.63. The van der Waals surface area contributed by atoms with E-state index in [4.69, 9.17) is 25.8 Å². The lowest BCUT2D eigenvalue weighted by molar-refractivity contribution is -0.132. The van der Waals surface area contributed by atoms with Crippen molar-refractivity contribution in [3.05, 3.63) is 83.4 Å². The molecule has 0 bridgehead atoms. The molecular weight excluding hydrogens is 534 g/mol. The molecule has 1 unspecified atom stereocenters. The van der Waals surface area contributed by atoms with Gasteiger partial charge in [0.15, 0.2) is 5.56 Å². The molecule has 0 radical (unpaired) electrons. The highest BCUT2D eigenvalue weighted by Gasteiger charge is 2.35. The molecule has 0 aliphatic carbocycles. The van der Waals surface area contributed by atoms with Crippen LogP contribution in [0, 0.1) is 6.92 Å². The fourth-order valence-corrected chi connectivity index (χ4v) is 4.95. The van der Waals surface area contributed by atoms with E-state index in [1.54, 1.807) is 47.4 Å². The number of carbonyl (C=O) groups is 3. The molecule has 2 N–H and O–H groups in total. The van der Waals surface area contributed by atoms with E-state index in [0.29, 0.717) is 41.4 Å². The van der Waals surface area contributed by atoms with Crippen LogP contribution in [0.15, 0.2) is 66.7 Å². The number of ether oxygens (including phenoxy) is 3. The second-order valence-corrected chi connectivity index (χ2v) is 9.82. The minimum atomic E-state index is -0.761. The number of likely N-dealkylation sites (tertiary alicyclic amines) is 1. The molecule has 1 fully saturated rings. The van der Waals surface area contributed by atoms with Crippen LogP contribution >= 0.6 is 11.6 Å². The summed E-state index contributed by atoms with van der Waals surface area (Å²) in [7, 11) is 2.83. The third-order valence-corrected chi connectivity index (χ3v) is 7.09. The number of esters is 1. The minimum Gasteiger partial charge on any atom is -0.495 e. The molecule has 3 amide bonds. The molecule has 0 spiro atoms. The van der Waals surface area contributed by atoms with Gasteiger partial charge in [-0.15, -0.1) is 0 Å². The van der Waals surface area contributed by atoms with Gasteiger partial charge in [0.05, 0.1) is 37.9 Å². The lowest BCUT2D eigenvalue weighted by Crippen LogP contribution is -2.43. The molecule has 3 aromatic rings. The van der Waals surface area contributed by atoms with E-state index >= 15 is 0 Å². The molecule has 210 valence electrons. The predicted octanol–water partition coefficient (Wildman–Crippen LogP) is 5.61. The van der Waals surface area contributed by atoms with Crippen LogP contribution in [0.3, 0.4) is 0 Å². The standard InChI is InChI=1S/C30H32ClN3O6/c1-19-7-4-5-8-23(19)32-30(37)33-24-15-10-20(17-26(24)38-2)18-27(35)34-16-6-9-25(34)28(31)40-22-13-11-21(12-14-22)29(36)39-3/h4-5,7-8,10-15,17,25,28H,6,9,16,18H2,1-3H3,(H2,32,33,37)/t25-,28?/m0/s1. The van der Waals surface area contributed by atoms with Crippen LogP contribution in [0.1, 0.15) is 34.3 Å². The zero-order chi connectivity index (χ0) is 28.6. The number of methoxy groups -OCH3 is 2. The molecular formula is C30H32ClN3O6. The average molecular weight is 566 g/mol. The fourth-order valence-electron chi connectivity index (χ4n) is 4.58. The number of hydrogen-bond donors (Lipinski definition) is 2. The van der Waals surface area contributed by atoms with E-state index in [-0.39, 0.29) is 18.4 Å². The summed E-state index contributed by atoms with van der Waals surface area (Å²) >= 11 is 6.60. The lowest BCUT2D eigenvalue weighted by Gasteiger charge is -2.28. The molecule has 4 rings (SSSR count). The first kappa shape index (κ1) is 28.8. The summed E-state index contributed by atoms with van der Waals surface area (Å²) < 4.78 is 16.1. The Morgan fingerprint density at radius 3 is 2.42 bits per heavy atom. The predicted molar refractivity (Wildman–Crippen MR) is 153 cm³/mol. The highest BCUT2D eigenvalue weighted by molar-refractivity contribution is 6.20. The van der Waals surface area contributed by atoms with Crippen LogP contribution in [0.4, 0.5) is 16.2 Å². The van der Waals surface area contributed by atoms with Gasteiger partial charge in [-0.05, 0) is 73.4 Å². The molecule has 1 aliphatic heterocycles. The van der Waals surface area contributed by atoms with Crippen LogP contribution in [-0.4, -0.2) is 55.2 Å². The minimum absolute atomic E-state index is 0.0853. The Bertz CT molecular complexity index is 1360. The van der Waals surface area contributed by atoms with Crippen LogP contribution in [0.25, 0.3) is 0 Å². The third kappa shape index (κ3) is 7.04. The number of urea groups is 1. The smallest absolute Gasteiger partial charge is 0.337 e. The van der Waals surface area contributed by atoms with Crippen molar-refractivity contribution < 1.29 is 28.6 Å². The van der Waals surface area contributed by atoms with Crippen molar-refractivity contribution >= 4 is 40.9 Å². The second kappa shape index (κ2) is 13.2. The van der Waals surface area contributed by atoms with Crippen molar-refractivity contribution in [3.63, 3.8) is 0 Å². The number of aryl methyl sites for hydroxylation is 1. The number of amides is 3. The Hall–Kier alpha value is -4.24. The van der Waals surface area contributed by atoms with Gasteiger partial charge in [-0.1, -0.05) is 35.9 Å². The molecule has 1 aliphatic rings. The summed E-state index contributed by atoms with van der Waals surface area (Å²) in [5.41, 5.74) is 2.52. The van der Waals surface area contributed by atoms with Crippen molar-refractivity contribution in [2.24, 2.45) is 0 Å². The van der Waals surface area contributed by atoms with E-state index in [1.165, 1.54) is 14.2 Å². The Balaban J connectivity index is 1.37.